The molecule has 26 heavy (non-hydrogen) atoms. The normalized spacial score (nSPS) is 10.9. The molecular weight excluding hydrogens is 451 g/mol. The van der Waals surface area contributed by atoms with E-state index in [9.17, 15) is 4.79 Å². The van der Waals surface area contributed by atoms with Crippen molar-refractivity contribution in [3.05, 3.63) is 48.3 Å². The smallest absolute Gasteiger partial charge is 0.287 e. The molecule has 0 saturated heterocycles. The van der Waals surface area contributed by atoms with E-state index in [1.807, 2.05) is 12.1 Å². The lowest BCUT2D eigenvalue weighted by atomic mass is 10.4. The van der Waals surface area contributed by atoms with Crippen LogP contribution in [0, 0.1) is 0 Å². The van der Waals surface area contributed by atoms with Gasteiger partial charge in [-0.15, -0.1) is 24.0 Å². The highest BCUT2D eigenvalue weighted by molar-refractivity contribution is 14.0. The SMILES string of the molecule is CN=C(NCCCOCc1ccco1)NCCNC(=O)c1ccco1.I. The molecule has 9 heteroatoms. The van der Waals surface area contributed by atoms with E-state index in [4.69, 9.17) is 13.6 Å². The van der Waals surface area contributed by atoms with Crippen LogP contribution in [-0.4, -0.2) is 45.2 Å². The van der Waals surface area contributed by atoms with Crippen molar-refractivity contribution < 1.29 is 18.4 Å². The molecule has 1 amide bonds. The van der Waals surface area contributed by atoms with Gasteiger partial charge in [-0.2, -0.15) is 0 Å². The molecule has 2 rings (SSSR count). The van der Waals surface area contributed by atoms with Gasteiger partial charge in [0.25, 0.3) is 5.91 Å². The van der Waals surface area contributed by atoms with Gasteiger partial charge in [0, 0.05) is 33.3 Å². The Labute approximate surface area is 169 Å². The maximum absolute atomic E-state index is 11.7. The molecule has 3 N–H and O–H groups in total. The molecule has 2 aromatic heterocycles. The molecule has 0 aliphatic heterocycles. The zero-order valence-electron chi connectivity index (χ0n) is 14.7. The van der Waals surface area contributed by atoms with E-state index in [0.29, 0.717) is 38.0 Å². The highest BCUT2D eigenvalue weighted by Crippen LogP contribution is 2.01. The summed E-state index contributed by atoms with van der Waals surface area (Å²) in [5.74, 6) is 1.57. The minimum absolute atomic E-state index is 0. The molecule has 0 spiro atoms. The third-order valence-electron chi connectivity index (χ3n) is 3.25. The number of carbonyl (C=O) groups excluding carboxylic acids is 1. The van der Waals surface area contributed by atoms with Gasteiger partial charge in [-0.3, -0.25) is 9.79 Å². The molecule has 0 saturated carbocycles. The Kier molecular flexibility index (Phi) is 11.2. The molecule has 0 bridgehead atoms. The second-order valence-corrected chi connectivity index (χ2v) is 5.14. The average Bonchev–Trinajstić information content (AvgIpc) is 3.33. The molecule has 8 nitrogen and oxygen atoms in total. The van der Waals surface area contributed by atoms with Crippen LogP contribution in [0.1, 0.15) is 22.7 Å². The molecule has 0 aliphatic carbocycles. The van der Waals surface area contributed by atoms with Gasteiger partial charge in [0.2, 0.25) is 0 Å². The predicted octanol–water partition coefficient (Wildman–Crippen LogP) is 1.99. The second-order valence-electron chi connectivity index (χ2n) is 5.14. The van der Waals surface area contributed by atoms with Crippen molar-refractivity contribution in [1.29, 1.82) is 0 Å². The van der Waals surface area contributed by atoms with Crippen LogP contribution in [0.5, 0.6) is 0 Å². The van der Waals surface area contributed by atoms with Gasteiger partial charge in [-0.05, 0) is 30.7 Å². The zero-order valence-corrected chi connectivity index (χ0v) is 17.0. The average molecular weight is 476 g/mol. The number of rotatable bonds is 10. The van der Waals surface area contributed by atoms with Gasteiger partial charge in [0.15, 0.2) is 11.7 Å². The number of hydrogen-bond acceptors (Lipinski definition) is 5. The summed E-state index contributed by atoms with van der Waals surface area (Å²) in [4.78, 5) is 15.8. The van der Waals surface area contributed by atoms with Crippen LogP contribution in [0.3, 0.4) is 0 Å². The number of nitrogens with one attached hydrogen (secondary N) is 3. The van der Waals surface area contributed by atoms with E-state index in [-0.39, 0.29) is 29.9 Å². The van der Waals surface area contributed by atoms with E-state index in [0.717, 1.165) is 18.7 Å². The monoisotopic (exact) mass is 476 g/mol. The van der Waals surface area contributed by atoms with E-state index < -0.39 is 0 Å². The predicted molar refractivity (Wildman–Crippen MR) is 109 cm³/mol. The van der Waals surface area contributed by atoms with Crippen molar-refractivity contribution in [1.82, 2.24) is 16.0 Å². The summed E-state index contributed by atoms with van der Waals surface area (Å²) in [6, 6.07) is 7.02. The third kappa shape index (κ3) is 8.39. The fourth-order valence-corrected chi connectivity index (χ4v) is 2.02. The number of guanidine groups is 1. The number of amides is 1. The third-order valence-corrected chi connectivity index (χ3v) is 3.25. The fourth-order valence-electron chi connectivity index (χ4n) is 2.02. The first kappa shape index (κ1) is 22.0. The van der Waals surface area contributed by atoms with Crippen molar-refractivity contribution >= 4 is 35.8 Å². The van der Waals surface area contributed by atoms with Crippen molar-refractivity contribution in [2.75, 3.05) is 33.3 Å². The first-order valence-electron chi connectivity index (χ1n) is 8.16. The van der Waals surface area contributed by atoms with E-state index in [1.54, 1.807) is 25.4 Å². The minimum Gasteiger partial charge on any atom is -0.467 e. The Morgan fingerprint density at radius 1 is 1.08 bits per heavy atom. The Bertz CT molecular complexity index is 629. The van der Waals surface area contributed by atoms with Crippen LogP contribution >= 0.6 is 24.0 Å². The highest BCUT2D eigenvalue weighted by Gasteiger charge is 2.06. The standard InChI is InChI=1S/C17H24N4O4.HI/c1-18-17(20-7-4-10-23-13-14-5-2-11-24-14)21-9-8-19-16(22)15-6-3-12-25-15;/h2-3,5-6,11-12H,4,7-10,13H2,1H3,(H,19,22)(H2,18,20,21);1H. The minimum atomic E-state index is -0.233. The van der Waals surface area contributed by atoms with Crippen LogP contribution < -0.4 is 16.0 Å². The lowest BCUT2D eigenvalue weighted by Crippen LogP contribution is -2.41. The molecule has 0 atom stereocenters. The van der Waals surface area contributed by atoms with Crippen molar-refractivity contribution in [3.8, 4) is 0 Å². The van der Waals surface area contributed by atoms with Crippen LogP contribution in [-0.2, 0) is 11.3 Å². The van der Waals surface area contributed by atoms with E-state index in [1.165, 1.54) is 6.26 Å². The van der Waals surface area contributed by atoms with Gasteiger partial charge >= 0.3 is 0 Å². The molecule has 2 heterocycles. The maximum atomic E-state index is 11.7. The zero-order chi connectivity index (χ0) is 17.7. The summed E-state index contributed by atoms with van der Waals surface area (Å²) in [6.07, 6.45) is 3.95. The van der Waals surface area contributed by atoms with Gasteiger partial charge in [0.05, 0.1) is 12.5 Å². The van der Waals surface area contributed by atoms with Gasteiger partial charge in [-0.1, -0.05) is 0 Å². The van der Waals surface area contributed by atoms with Crippen molar-refractivity contribution in [2.24, 2.45) is 4.99 Å². The molecule has 0 unspecified atom stereocenters. The maximum Gasteiger partial charge on any atom is 0.287 e. The molecule has 0 aromatic carbocycles. The Hall–Kier alpha value is -2.01. The summed E-state index contributed by atoms with van der Waals surface area (Å²) < 4.78 is 15.7. The topological polar surface area (TPSA) is 101 Å². The summed E-state index contributed by atoms with van der Waals surface area (Å²) in [5, 5.41) is 9.06. The highest BCUT2D eigenvalue weighted by atomic mass is 127. The summed E-state index contributed by atoms with van der Waals surface area (Å²) >= 11 is 0. The molecule has 0 radical (unpaired) electrons. The molecular formula is C17H25IN4O4. The number of nitrogens with zero attached hydrogens (tertiary/aromatic N) is 1. The first-order chi connectivity index (χ1) is 12.3. The fraction of sp³-hybridized carbons (Fsp3) is 0.412. The van der Waals surface area contributed by atoms with Gasteiger partial charge < -0.3 is 29.5 Å². The van der Waals surface area contributed by atoms with Crippen molar-refractivity contribution in [2.45, 2.75) is 13.0 Å². The van der Waals surface area contributed by atoms with E-state index >= 15 is 0 Å². The number of furan rings is 2. The Morgan fingerprint density at radius 3 is 2.50 bits per heavy atom. The van der Waals surface area contributed by atoms with Crippen LogP contribution in [0.4, 0.5) is 0 Å². The lowest BCUT2D eigenvalue weighted by Gasteiger charge is -2.12. The largest absolute Gasteiger partial charge is 0.467 e. The van der Waals surface area contributed by atoms with Crippen LogP contribution in [0.15, 0.2) is 50.6 Å². The molecule has 2 aromatic rings. The Balaban J connectivity index is 0.00000338. The number of ether oxygens (including phenoxy) is 1. The summed E-state index contributed by atoms with van der Waals surface area (Å²) in [5.41, 5.74) is 0. The quantitative estimate of drug-likeness (QED) is 0.210. The van der Waals surface area contributed by atoms with Crippen molar-refractivity contribution in [3.63, 3.8) is 0 Å². The number of halogens is 1. The summed E-state index contributed by atoms with van der Waals surface area (Å²) in [6.45, 7) is 2.86. The van der Waals surface area contributed by atoms with E-state index in [2.05, 4.69) is 20.9 Å². The molecule has 144 valence electrons. The van der Waals surface area contributed by atoms with Gasteiger partial charge in [0.1, 0.15) is 12.4 Å². The van der Waals surface area contributed by atoms with Crippen LogP contribution in [0.2, 0.25) is 0 Å². The molecule has 0 fully saturated rings. The number of aliphatic imine (C=N–C) groups is 1. The second kappa shape index (κ2) is 13.2. The molecule has 0 aliphatic rings. The Morgan fingerprint density at radius 2 is 1.81 bits per heavy atom. The van der Waals surface area contributed by atoms with Gasteiger partial charge in [-0.25, -0.2) is 0 Å². The first-order valence-corrected chi connectivity index (χ1v) is 8.16. The van der Waals surface area contributed by atoms with Crippen LogP contribution in [0.25, 0.3) is 0 Å². The summed E-state index contributed by atoms with van der Waals surface area (Å²) in [7, 11) is 1.70. The lowest BCUT2D eigenvalue weighted by molar-refractivity contribution is 0.0926. The number of hydrogen-bond donors (Lipinski definition) is 3. The number of carbonyl (C=O) groups is 1.